The molecule has 1 aliphatic carbocycles. The van der Waals surface area contributed by atoms with Crippen LogP contribution in [0, 0.1) is 28.6 Å². The highest BCUT2D eigenvalue weighted by molar-refractivity contribution is 6.37. The number of carbonyl (C=O) groups is 6. The van der Waals surface area contributed by atoms with Crippen LogP contribution in [0.15, 0.2) is 0 Å². The lowest BCUT2D eigenvalue weighted by Gasteiger charge is -2.36. The Labute approximate surface area is 242 Å². The number of likely N-dealkylation sites (tertiary alicyclic amines) is 1. The van der Waals surface area contributed by atoms with E-state index in [2.05, 4.69) is 16.0 Å². The highest BCUT2D eigenvalue weighted by atomic mass is 16.4. The number of rotatable bonds is 11. The van der Waals surface area contributed by atoms with Gasteiger partial charge in [-0.2, -0.15) is 0 Å². The van der Waals surface area contributed by atoms with Gasteiger partial charge in [-0.15, -0.1) is 0 Å². The molecule has 0 bridgehead atoms. The Kier molecular flexibility index (Phi) is 11.0. The highest BCUT2D eigenvalue weighted by Crippen LogP contribution is 2.33. The molecule has 1 unspecified atom stereocenters. The molecule has 1 heterocycles. The van der Waals surface area contributed by atoms with Crippen molar-refractivity contribution in [3.63, 3.8) is 0 Å². The Morgan fingerprint density at radius 3 is 1.85 bits per heavy atom. The van der Waals surface area contributed by atoms with Gasteiger partial charge >= 0.3 is 12.0 Å². The van der Waals surface area contributed by atoms with E-state index in [0.717, 1.165) is 19.3 Å². The SMILES string of the molecule is CC(C)[C@@H]1C[C@@H](C(=O)NC(CC2CCC2)C(=O)C(N)=O)N(C(=O)[C@@H](NC(=O)N[C@@H](C(=O)O)C(C)(C)C)C(C)(C)C)C1. The summed E-state index contributed by atoms with van der Waals surface area (Å²) in [6, 6.07) is -5.09. The molecule has 5 amide bonds. The molecule has 0 aromatic heterocycles. The van der Waals surface area contributed by atoms with Crippen LogP contribution in [0.1, 0.15) is 87.5 Å². The number of primary amides is 1. The first-order valence-electron chi connectivity index (χ1n) is 14.5. The number of nitrogens with one attached hydrogen (secondary N) is 3. The van der Waals surface area contributed by atoms with Crippen LogP contribution in [-0.4, -0.2) is 76.2 Å². The smallest absolute Gasteiger partial charge is 0.326 e. The van der Waals surface area contributed by atoms with Gasteiger partial charge in [-0.1, -0.05) is 74.7 Å². The molecule has 2 fully saturated rings. The van der Waals surface area contributed by atoms with Gasteiger partial charge in [-0.05, 0) is 41.4 Å². The van der Waals surface area contributed by atoms with E-state index in [4.69, 9.17) is 5.73 Å². The zero-order valence-electron chi connectivity index (χ0n) is 25.7. The van der Waals surface area contributed by atoms with Crippen molar-refractivity contribution in [2.24, 2.45) is 34.3 Å². The molecule has 41 heavy (non-hydrogen) atoms. The zero-order valence-corrected chi connectivity index (χ0v) is 25.7. The lowest BCUT2D eigenvalue weighted by atomic mass is 9.80. The van der Waals surface area contributed by atoms with Crippen LogP contribution in [0.3, 0.4) is 0 Å². The average molecular weight is 580 g/mol. The normalized spacial score (nSPS) is 21.8. The zero-order chi connectivity index (χ0) is 31.4. The van der Waals surface area contributed by atoms with Crippen molar-refractivity contribution in [3.8, 4) is 0 Å². The number of hydrogen-bond donors (Lipinski definition) is 5. The third-order valence-electron chi connectivity index (χ3n) is 8.31. The number of ketones is 1. The summed E-state index contributed by atoms with van der Waals surface area (Å²) in [5.41, 5.74) is 3.69. The Morgan fingerprint density at radius 2 is 1.44 bits per heavy atom. The fourth-order valence-electron chi connectivity index (χ4n) is 5.34. The van der Waals surface area contributed by atoms with Gasteiger partial charge in [0.25, 0.3) is 5.91 Å². The van der Waals surface area contributed by atoms with Crippen LogP contribution in [0.4, 0.5) is 4.79 Å². The first kappa shape index (κ1) is 34.0. The van der Waals surface area contributed by atoms with E-state index in [1.54, 1.807) is 41.5 Å². The maximum absolute atomic E-state index is 14.0. The van der Waals surface area contributed by atoms with Crippen LogP contribution in [-0.2, 0) is 24.0 Å². The van der Waals surface area contributed by atoms with Crippen molar-refractivity contribution in [3.05, 3.63) is 0 Å². The number of nitrogens with two attached hydrogens (primary N) is 1. The van der Waals surface area contributed by atoms with Gasteiger partial charge in [0.05, 0.1) is 6.04 Å². The minimum Gasteiger partial charge on any atom is -0.480 e. The molecular formula is C29H49N5O7. The number of carboxylic acids is 1. The van der Waals surface area contributed by atoms with E-state index in [1.165, 1.54) is 4.90 Å². The largest absolute Gasteiger partial charge is 0.480 e. The number of carboxylic acid groups (broad SMARTS) is 1. The second-order valence-electron chi connectivity index (χ2n) is 14.1. The lowest BCUT2D eigenvalue weighted by Crippen LogP contribution is -2.61. The van der Waals surface area contributed by atoms with Crippen LogP contribution < -0.4 is 21.7 Å². The van der Waals surface area contributed by atoms with E-state index in [0.29, 0.717) is 12.8 Å². The quantitative estimate of drug-likeness (QED) is 0.231. The van der Waals surface area contributed by atoms with Crippen LogP contribution in [0.5, 0.6) is 0 Å². The Morgan fingerprint density at radius 1 is 0.902 bits per heavy atom. The third-order valence-corrected chi connectivity index (χ3v) is 8.31. The van der Waals surface area contributed by atoms with E-state index < -0.39 is 70.5 Å². The van der Waals surface area contributed by atoms with Gasteiger partial charge in [-0.3, -0.25) is 19.2 Å². The molecule has 0 aromatic rings. The second kappa shape index (κ2) is 13.2. The Bertz CT molecular complexity index is 1030. The fraction of sp³-hybridized carbons (Fsp3) is 0.793. The van der Waals surface area contributed by atoms with Gasteiger partial charge in [0.2, 0.25) is 17.6 Å². The van der Waals surface area contributed by atoms with Crippen molar-refractivity contribution in [2.45, 2.75) is 112 Å². The molecule has 1 saturated carbocycles. The molecule has 0 aromatic carbocycles. The van der Waals surface area contributed by atoms with E-state index in [9.17, 15) is 33.9 Å². The van der Waals surface area contributed by atoms with Crippen molar-refractivity contribution in [2.75, 3.05) is 6.54 Å². The maximum Gasteiger partial charge on any atom is 0.326 e. The summed E-state index contributed by atoms with van der Waals surface area (Å²) in [5, 5.41) is 17.4. The summed E-state index contributed by atoms with van der Waals surface area (Å²) in [4.78, 5) is 78.1. The van der Waals surface area contributed by atoms with Gasteiger partial charge in [0.1, 0.15) is 18.1 Å². The molecule has 5 atom stereocenters. The van der Waals surface area contributed by atoms with Crippen LogP contribution in [0.2, 0.25) is 0 Å². The average Bonchev–Trinajstić information content (AvgIpc) is 3.26. The molecule has 1 saturated heterocycles. The first-order chi connectivity index (χ1) is 18.7. The molecular weight excluding hydrogens is 530 g/mol. The van der Waals surface area contributed by atoms with Gasteiger partial charge in [0, 0.05) is 6.54 Å². The highest BCUT2D eigenvalue weighted by Gasteiger charge is 2.46. The minimum atomic E-state index is -1.20. The van der Waals surface area contributed by atoms with Crippen molar-refractivity contribution >= 4 is 35.5 Å². The number of urea groups is 1. The summed E-state index contributed by atoms with van der Waals surface area (Å²) in [6.07, 6.45) is 3.49. The third kappa shape index (κ3) is 8.90. The summed E-state index contributed by atoms with van der Waals surface area (Å²) >= 11 is 0. The first-order valence-corrected chi connectivity index (χ1v) is 14.5. The number of aliphatic carboxylic acids is 1. The predicted molar refractivity (Wildman–Crippen MR) is 152 cm³/mol. The summed E-state index contributed by atoms with van der Waals surface area (Å²) in [6.45, 7) is 14.6. The maximum atomic E-state index is 14.0. The van der Waals surface area contributed by atoms with Crippen LogP contribution in [0.25, 0.3) is 0 Å². The molecule has 0 spiro atoms. The van der Waals surface area contributed by atoms with Gasteiger partial charge in [0.15, 0.2) is 0 Å². The Hall–Kier alpha value is -3.18. The van der Waals surface area contributed by atoms with Crippen molar-refractivity contribution in [1.82, 2.24) is 20.9 Å². The van der Waals surface area contributed by atoms with Crippen molar-refractivity contribution in [1.29, 1.82) is 0 Å². The summed E-state index contributed by atoms with van der Waals surface area (Å²) in [5.74, 6) is -3.88. The van der Waals surface area contributed by atoms with E-state index in [-0.39, 0.29) is 24.3 Å². The number of amides is 5. The summed E-state index contributed by atoms with van der Waals surface area (Å²) < 4.78 is 0. The van der Waals surface area contributed by atoms with Crippen molar-refractivity contribution < 1.29 is 33.9 Å². The molecule has 0 radical (unpaired) electrons. The second-order valence-corrected chi connectivity index (χ2v) is 14.1. The topological polar surface area (TPSA) is 188 Å². The van der Waals surface area contributed by atoms with Gasteiger partial charge < -0.3 is 31.7 Å². The van der Waals surface area contributed by atoms with Gasteiger partial charge in [-0.25, -0.2) is 9.59 Å². The summed E-state index contributed by atoms with van der Waals surface area (Å²) in [7, 11) is 0. The molecule has 2 aliphatic rings. The van der Waals surface area contributed by atoms with E-state index >= 15 is 0 Å². The minimum absolute atomic E-state index is 0.0154. The number of carbonyl (C=O) groups excluding carboxylic acids is 5. The number of hydrogen-bond acceptors (Lipinski definition) is 6. The monoisotopic (exact) mass is 579 g/mol. The molecule has 12 heteroatoms. The molecule has 6 N–H and O–H groups in total. The molecule has 1 aliphatic heterocycles. The lowest BCUT2D eigenvalue weighted by molar-refractivity contribution is -0.143. The number of Topliss-reactive ketones (excluding diaryl/α,β-unsaturated/α-hetero) is 1. The molecule has 12 nitrogen and oxygen atoms in total. The molecule has 2 rings (SSSR count). The predicted octanol–water partition coefficient (Wildman–Crippen LogP) is 1.80. The standard InChI is InChI=1S/C29H49N5O7/c1-15(2)17-13-19(24(37)31-18(20(35)23(30)36)12-16-10-9-11-16)34(14-17)25(38)21(28(3,4)5)32-27(41)33-22(26(39)40)29(6,7)8/h15-19,21-22H,9-14H2,1-8H3,(H2,30,36)(H,31,37)(H,39,40)(H2,32,33,41)/t17-,18?,19+,21-,22+/m1/s1. The molecule has 232 valence electrons. The fourth-order valence-corrected chi connectivity index (χ4v) is 5.34. The van der Waals surface area contributed by atoms with E-state index in [1.807, 2.05) is 13.8 Å². The Balaban J connectivity index is 2.31. The van der Waals surface area contributed by atoms with Crippen LogP contribution >= 0.6 is 0 Å². The number of nitrogens with zero attached hydrogens (tertiary/aromatic N) is 1.